The number of ether oxygens (including phenoxy) is 1. The lowest BCUT2D eigenvalue weighted by atomic mass is 10.1. The van der Waals surface area contributed by atoms with Crippen LogP contribution in [0.3, 0.4) is 0 Å². The second kappa shape index (κ2) is 6.58. The van der Waals surface area contributed by atoms with Gasteiger partial charge in [0.2, 0.25) is 0 Å². The number of rotatable bonds is 3. The Balaban J connectivity index is 3.25. The van der Waals surface area contributed by atoms with Crippen molar-refractivity contribution in [2.24, 2.45) is 0 Å². The van der Waals surface area contributed by atoms with E-state index in [1.54, 1.807) is 6.07 Å². The first-order valence-corrected chi connectivity index (χ1v) is 5.48. The SMILES string of the molecule is COc1cc(C=CC(=O)O)cc(C#CCCl)c1O. The number of aliphatic carboxylic acids is 1. The van der Waals surface area contributed by atoms with Crippen LogP contribution in [0.15, 0.2) is 18.2 Å². The zero-order chi connectivity index (χ0) is 13.5. The van der Waals surface area contributed by atoms with Gasteiger partial charge in [-0.25, -0.2) is 4.79 Å². The van der Waals surface area contributed by atoms with Crippen molar-refractivity contribution >= 4 is 23.6 Å². The van der Waals surface area contributed by atoms with Gasteiger partial charge < -0.3 is 14.9 Å². The highest BCUT2D eigenvalue weighted by Crippen LogP contribution is 2.31. The maximum atomic E-state index is 10.4. The van der Waals surface area contributed by atoms with E-state index < -0.39 is 5.97 Å². The van der Waals surface area contributed by atoms with Crippen LogP contribution in [0.2, 0.25) is 0 Å². The molecular formula is C13H11ClO4. The molecule has 5 heteroatoms. The predicted octanol–water partition coefficient (Wildman–Crippen LogP) is 2.09. The monoisotopic (exact) mass is 266 g/mol. The number of aromatic hydroxyl groups is 1. The van der Waals surface area contributed by atoms with Gasteiger partial charge in [-0.3, -0.25) is 0 Å². The van der Waals surface area contributed by atoms with Crippen LogP contribution in [-0.4, -0.2) is 29.2 Å². The normalized spacial score (nSPS) is 9.89. The van der Waals surface area contributed by atoms with E-state index in [1.807, 2.05) is 0 Å². The topological polar surface area (TPSA) is 66.8 Å². The molecule has 0 fully saturated rings. The van der Waals surface area contributed by atoms with E-state index in [9.17, 15) is 9.90 Å². The summed E-state index contributed by atoms with van der Waals surface area (Å²) in [6, 6.07) is 3.07. The number of phenols is 1. The van der Waals surface area contributed by atoms with E-state index in [0.29, 0.717) is 11.1 Å². The average molecular weight is 267 g/mol. The molecule has 0 atom stereocenters. The van der Waals surface area contributed by atoms with Crippen molar-refractivity contribution in [3.05, 3.63) is 29.3 Å². The van der Waals surface area contributed by atoms with E-state index in [0.717, 1.165) is 6.08 Å². The Bertz CT molecular complexity index is 538. The van der Waals surface area contributed by atoms with Crippen LogP contribution in [0.25, 0.3) is 6.08 Å². The summed E-state index contributed by atoms with van der Waals surface area (Å²) in [5.74, 6) is 4.49. The number of hydrogen-bond donors (Lipinski definition) is 2. The van der Waals surface area contributed by atoms with Crippen molar-refractivity contribution in [2.75, 3.05) is 13.0 Å². The van der Waals surface area contributed by atoms with E-state index in [2.05, 4.69) is 11.8 Å². The second-order valence-corrected chi connectivity index (χ2v) is 3.49. The fraction of sp³-hybridized carbons (Fsp3) is 0.154. The highest BCUT2D eigenvalue weighted by molar-refractivity contribution is 6.19. The predicted molar refractivity (Wildman–Crippen MR) is 68.9 cm³/mol. The smallest absolute Gasteiger partial charge is 0.328 e. The molecule has 1 rings (SSSR count). The van der Waals surface area contributed by atoms with Crippen molar-refractivity contribution in [2.45, 2.75) is 0 Å². The van der Waals surface area contributed by atoms with Crippen molar-refractivity contribution in [3.8, 4) is 23.3 Å². The van der Waals surface area contributed by atoms with Gasteiger partial charge in [0.15, 0.2) is 11.5 Å². The largest absolute Gasteiger partial charge is 0.503 e. The van der Waals surface area contributed by atoms with Crippen molar-refractivity contribution in [1.29, 1.82) is 0 Å². The molecule has 1 aromatic carbocycles. The quantitative estimate of drug-likeness (QED) is 0.499. The minimum absolute atomic E-state index is 0.0948. The third-order valence-corrected chi connectivity index (χ3v) is 2.16. The maximum absolute atomic E-state index is 10.4. The van der Waals surface area contributed by atoms with Crippen molar-refractivity contribution in [3.63, 3.8) is 0 Å². The van der Waals surface area contributed by atoms with Gasteiger partial charge in [0.25, 0.3) is 0 Å². The number of alkyl halides is 1. The standard InChI is InChI=1S/C13H11ClO4/c1-18-11-8-9(4-5-12(15)16)7-10(13(11)17)3-2-6-14/h4-5,7-8,17H,6H2,1H3,(H,15,16). The lowest BCUT2D eigenvalue weighted by Gasteiger charge is -2.06. The number of hydrogen-bond acceptors (Lipinski definition) is 3. The van der Waals surface area contributed by atoms with E-state index in [1.165, 1.54) is 19.3 Å². The van der Waals surface area contributed by atoms with Gasteiger partial charge in [0.05, 0.1) is 18.6 Å². The fourth-order valence-electron chi connectivity index (χ4n) is 1.27. The highest BCUT2D eigenvalue weighted by Gasteiger charge is 2.08. The van der Waals surface area contributed by atoms with Crippen LogP contribution in [-0.2, 0) is 4.79 Å². The molecule has 0 saturated carbocycles. The van der Waals surface area contributed by atoms with E-state index in [-0.39, 0.29) is 17.4 Å². The lowest BCUT2D eigenvalue weighted by Crippen LogP contribution is -1.90. The molecule has 2 N–H and O–H groups in total. The zero-order valence-corrected chi connectivity index (χ0v) is 10.4. The summed E-state index contributed by atoms with van der Waals surface area (Å²) in [6.45, 7) is 0. The summed E-state index contributed by atoms with van der Waals surface area (Å²) in [4.78, 5) is 10.4. The van der Waals surface area contributed by atoms with Crippen LogP contribution in [0, 0.1) is 11.8 Å². The van der Waals surface area contributed by atoms with Gasteiger partial charge in [-0.05, 0) is 23.8 Å². The lowest BCUT2D eigenvalue weighted by molar-refractivity contribution is -0.131. The maximum Gasteiger partial charge on any atom is 0.328 e. The average Bonchev–Trinajstić information content (AvgIpc) is 2.35. The van der Waals surface area contributed by atoms with Gasteiger partial charge >= 0.3 is 5.97 Å². The van der Waals surface area contributed by atoms with Crippen molar-refractivity contribution in [1.82, 2.24) is 0 Å². The molecule has 0 aliphatic rings. The summed E-state index contributed by atoms with van der Waals surface area (Å²) in [7, 11) is 1.40. The number of carboxylic acids is 1. The summed E-state index contributed by atoms with van der Waals surface area (Å²) in [6.07, 6.45) is 2.38. The molecule has 18 heavy (non-hydrogen) atoms. The summed E-state index contributed by atoms with van der Waals surface area (Å²) >= 11 is 5.44. The first-order valence-electron chi connectivity index (χ1n) is 4.95. The number of halogens is 1. The molecule has 0 bridgehead atoms. The molecule has 0 amide bonds. The molecule has 0 saturated heterocycles. The molecular weight excluding hydrogens is 256 g/mol. The molecule has 0 spiro atoms. The van der Waals surface area contributed by atoms with Gasteiger partial charge in [-0.15, -0.1) is 11.6 Å². The van der Waals surface area contributed by atoms with Crippen LogP contribution >= 0.6 is 11.6 Å². The molecule has 0 aromatic heterocycles. The van der Waals surface area contributed by atoms with E-state index in [4.69, 9.17) is 21.4 Å². The van der Waals surface area contributed by atoms with Gasteiger partial charge in [0.1, 0.15) is 0 Å². The zero-order valence-electron chi connectivity index (χ0n) is 9.61. The highest BCUT2D eigenvalue weighted by atomic mass is 35.5. The minimum atomic E-state index is -1.06. The first kappa shape index (κ1) is 13.9. The Morgan fingerprint density at radius 3 is 2.83 bits per heavy atom. The first-order chi connectivity index (χ1) is 8.58. The molecule has 1 aromatic rings. The molecule has 0 radical (unpaired) electrons. The number of carbonyl (C=O) groups is 1. The number of phenolic OH excluding ortho intramolecular Hbond substituents is 1. The molecule has 0 aliphatic carbocycles. The van der Waals surface area contributed by atoms with Crippen molar-refractivity contribution < 1.29 is 19.7 Å². The molecule has 0 unspecified atom stereocenters. The summed E-state index contributed by atoms with van der Waals surface area (Å²) in [5.41, 5.74) is 0.894. The Morgan fingerprint density at radius 1 is 1.56 bits per heavy atom. The fourth-order valence-corrected chi connectivity index (χ4v) is 1.34. The van der Waals surface area contributed by atoms with Gasteiger partial charge in [-0.1, -0.05) is 11.8 Å². The summed E-state index contributed by atoms with van der Waals surface area (Å²) in [5, 5.41) is 18.4. The Hall–Kier alpha value is -2.12. The van der Waals surface area contributed by atoms with E-state index >= 15 is 0 Å². The molecule has 4 nitrogen and oxygen atoms in total. The molecule has 0 heterocycles. The summed E-state index contributed by atoms with van der Waals surface area (Å²) < 4.78 is 4.98. The number of benzene rings is 1. The van der Waals surface area contributed by atoms with Crippen LogP contribution < -0.4 is 4.74 Å². The van der Waals surface area contributed by atoms with Crippen LogP contribution in [0.5, 0.6) is 11.5 Å². The third-order valence-electron chi connectivity index (χ3n) is 2.03. The van der Waals surface area contributed by atoms with Gasteiger partial charge in [0, 0.05) is 6.08 Å². The minimum Gasteiger partial charge on any atom is -0.503 e. The molecule has 0 aliphatic heterocycles. The Kier molecular flexibility index (Phi) is 5.09. The molecule has 94 valence electrons. The Labute approximate surface area is 109 Å². The second-order valence-electron chi connectivity index (χ2n) is 3.23. The Morgan fingerprint density at radius 2 is 2.28 bits per heavy atom. The number of methoxy groups -OCH3 is 1. The third kappa shape index (κ3) is 3.72. The van der Waals surface area contributed by atoms with Crippen LogP contribution in [0.1, 0.15) is 11.1 Å². The van der Waals surface area contributed by atoms with Gasteiger partial charge in [-0.2, -0.15) is 0 Å². The number of carboxylic acid groups (broad SMARTS) is 1. The van der Waals surface area contributed by atoms with Crippen LogP contribution in [0.4, 0.5) is 0 Å².